The third-order valence-corrected chi connectivity index (χ3v) is 6.47. The van der Waals surface area contributed by atoms with Crippen molar-refractivity contribution in [3.63, 3.8) is 0 Å². The summed E-state index contributed by atoms with van der Waals surface area (Å²) in [5.41, 5.74) is 1.31. The van der Waals surface area contributed by atoms with Crippen molar-refractivity contribution in [1.82, 2.24) is 10.3 Å². The molecule has 7 heteroatoms. The molecule has 2 atom stereocenters. The highest BCUT2D eigenvalue weighted by Crippen LogP contribution is 2.33. The molecule has 32 heavy (non-hydrogen) atoms. The standard InChI is InChI=1S/C25H25Cl2FN2O2/c26-19-4-8-23-18(13-19)3-7-24(30-23)25(31)12-16-1-2-17(11-16)15-29-9-10-32-20-5-6-21(27)22(28)14-20/h3-8,13-14,16-17,29H,1-2,9-12,15H2. The Labute approximate surface area is 197 Å². The molecule has 2 unspecified atom stereocenters. The van der Waals surface area contributed by atoms with E-state index in [4.69, 9.17) is 27.9 Å². The number of hydrogen-bond donors (Lipinski definition) is 1. The molecule has 1 aliphatic rings. The average Bonchev–Trinajstić information content (AvgIpc) is 3.22. The number of benzene rings is 2. The third-order valence-electron chi connectivity index (χ3n) is 5.93. The Morgan fingerprint density at radius 1 is 1.09 bits per heavy atom. The maximum absolute atomic E-state index is 13.4. The third kappa shape index (κ3) is 5.97. The van der Waals surface area contributed by atoms with Crippen LogP contribution in [-0.2, 0) is 0 Å². The van der Waals surface area contributed by atoms with Gasteiger partial charge in [0, 0.05) is 29.4 Å². The first-order valence-electron chi connectivity index (χ1n) is 10.9. The normalized spacial score (nSPS) is 18.2. The fourth-order valence-electron chi connectivity index (χ4n) is 4.28. The lowest BCUT2D eigenvalue weighted by Gasteiger charge is -2.13. The van der Waals surface area contributed by atoms with Crippen molar-refractivity contribution in [1.29, 1.82) is 0 Å². The Morgan fingerprint density at radius 2 is 1.94 bits per heavy atom. The Kier molecular flexibility index (Phi) is 7.61. The molecule has 1 N–H and O–H groups in total. The van der Waals surface area contributed by atoms with Crippen LogP contribution in [0.3, 0.4) is 0 Å². The molecule has 0 bridgehead atoms. The zero-order chi connectivity index (χ0) is 22.5. The van der Waals surface area contributed by atoms with Crippen LogP contribution in [0, 0.1) is 17.7 Å². The second-order valence-corrected chi connectivity index (χ2v) is 9.18. The van der Waals surface area contributed by atoms with Crippen molar-refractivity contribution in [2.75, 3.05) is 19.7 Å². The van der Waals surface area contributed by atoms with Crippen LogP contribution in [0.25, 0.3) is 10.9 Å². The van der Waals surface area contributed by atoms with Crippen molar-refractivity contribution in [3.8, 4) is 5.75 Å². The van der Waals surface area contributed by atoms with E-state index in [2.05, 4.69) is 10.3 Å². The number of ketones is 1. The molecule has 1 heterocycles. The number of nitrogens with zero attached hydrogens (tertiary/aromatic N) is 1. The van der Waals surface area contributed by atoms with Crippen molar-refractivity contribution in [2.24, 2.45) is 11.8 Å². The summed E-state index contributed by atoms with van der Waals surface area (Å²) in [5.74, 6) is 1.03. The molecule has 1 saturated carbocycles. The molecule has 2 aromatic carbocycles. The second-order valence-electron chi connectivity index (χ2n) is 8.33. The highest BCUT2D eigenvalue weighted by Gasteiger charge is 2.27. The van der Waals surface area contributed by atoms with Gasteiger partial charge < -0.3 is 10.1 Å². The summed E-state index contributed by atoms with van der Waals surface area (Å²) in [7, 11) is 0. The first kappa shape index (κ1) is 23.0. The van der Waals surface area contributed by atoms with Crippen LogP contribution in [-0.4, -0.2) is 30.5 Å². The van der Waals surface area contributed by atoms with Crippen LogP contribution in [0.5, 0.6) is 5.75 Å². The number of halogens is 3. The number of fused-ring (bicyclic) bond motifs is 1. The minimum Gasteiger partial charge on any atom is -0.492 e. The topological polar surface area (TPSA) is 51.2 Å². The molecule has 1 aliphatic carbocycles. The van der Waals surface area contributed by atoms with Crippen LogP contribution in [0.15, 0.2) is 48.5 Å². The van der Waals surface area contributed by atoms with Gasteiger partial charge in [-0.25, -0.2) is 9.37 Å². The van der Waals surface area contributed by atoms with Gasteiger partial charge in [0.2, 0.25) is 0 Å². The van der Waals surface area contributed by atoms with Gasteiger partial charge in [-0.1, -0.05) is 29.3 Å². The van der Waals surface area contributed by atoms with Crippen molar-refractivity contribution in [3.05, 3.63) is 70.1 Å². The Hall–Kier alpha value is -2.21. The van der Waals surface area contributed by atoms with Gasteiger partial charge >= 0.3 is 0 Å². The number of rotatable bonds is 9. The molecule has 0 amide bonds. The first-order valence-corrected chi connectivity index (χ1v) is 11.6. The number of carbonyl (C=O) groups is 1. The van der Waals surface area contributed by atoms with E-state index >= 15 is 0 Å². The number of Topliss-reactive ketones (excluding diaryl/α,β-unsaturated/α-hetero) is 1. The predicted octanol–water partition coefficient (Wildman–Crippen LogP) is 6.34. The number of carbonyl (C=O) groups excluding carboxylic acids is 1. The largest absolute Gasteiger partial charge is 0.492 e. The van der Waals surface area contributed by atoms with Crippen LogP contribution < -0.4 is 10.1 Å². The van der Waals surface area contributed by atoms with E-state index in [1.807, 2.05) is 18.2 Å². The van der Waals surface area contributed by atoms with E-state index in [1.54, 1.807) is 18.2 Å². The molecular weight excluding hydrogens is 450 g/mol. The van der Waals surface area contributed by atoms with Crippen LogP contribution >= 0.6 is 23.2 Å². The lowest BCUT2D eigenvalue weighted by atomic mass is 9.97. The van der Waals surface area contributed by atoms with Crippen LogP contribution in [0.2, 0.25) is 10.0 Å². The van der Waals surface area contributed by atoms with Gasteiger partial charge in [0.15, 0.2) is 5.78 Å². The smallest absolute Gasteiger partial charge is 0.181 e. The van der Waals surface area contributed by atoms with Crippen molar-refractivity contribution in [2.45, 2.75) is 25.7 Å². The molecule has 1 fully saturated rings. The summed E-state index contributed by atoms with van der Waals surface area (Å²) < 4.78 is 19.0. The van der Waals surface area contributed by atoms with E-state index in [9.17, 15) is 9.18 Å². The molecule has 168 valence electrons. The van der Waals surface area contributed by atoms with Gasteiger partial charge in [-0.05, 0) is 74.0 Å². The maximum Gasteiger partial charge on any atom is 0.181 e. The van der Waals surface area contributed by atoms with Gasteiger partial charge in [0.05, 0.1) is 10.5 Å². The van der Waals surface area contributed by atoms with E-state index in [1.165, 1.54) is 12.1 Å². The Morgan fingerprint density at radius 3 is 2.78 bits per heavy atom. The molecular formula is C25H25Cl2FN2O2. The number of nitrogens with one attached hydrogen (secondary N) is 1. The average molecular weight is 475 g/mol. The van der Waals surface area contributed by atoms with Crippen molar-refractivity contribution >= 4 is 39.9 Å². The molecule has 0 spiro atoms. The van der Waals surface area contributed by atoms with Crippen LogP contribution in [0.1, 0.15) is 36.2 Å². The minimum absolute atomic E-state index is 0.0889. The fourth-order valence-corrected chi connectivity index (χ4v) is 4.58. The Balaban J connectivity index is 1.18. The Bertz CT molecular complexity index is 1110. The molecule has 1 aromatic heterocycles. The highest BCUT2D eigenvalue weighted by molar-refractivity contribution is 6.31. The fraction of sp³-hybridized carbons (Fsp3) is 0.360. The second kappa shape index (κ2) is 10.6. The summed E-state index contributed by atoms with van der Waals surface area (Å²) in [6, 6.07) is 13.6. The zero-order valence-electron chi connectivity index (χ0n) is 17.6. The lowest BCUT2D eigenvalue weighted by Crippen LogP contribution is -2.26. The van der Waals surface area contributed by atoms with Crippen molar-refractivity contribution < 1.29 is 13.9 Å². The van der Waals surface area contributed by atoms with E-state index < -0.39 is 5.82 Å². The highest BCUT2D eigenvalue weighted by atomic mass is 35.5. The molecule has 0 aliphatic heterocycles. The van der Waals surface area contributed by atoms with Gasteiger partial charge in [-0.3, -0.25) is 4.79 Å². The summed E-state index contributed by atoms with van der Waals surface area (Å²) in [5, 5.41) is 5.09. The number of pyridine rings is 1. The van der Waals surface area contributed by atoms with Gasteiger partial charge in [-0.2, -0.15) is 0 Å². The van der Waals surface area contributed by atoms with Gasteiger partial charge in [-0.15, -0.1) is 0 Å². The summed E-state index contributed by atoms with van der Waals surface area (Å²) in [4.78, 5) is 17.3. The predicted molar refractivity (Wildman–Crippen MR) is 126 cm³/mol. The lowest BCUT2D eigenvalue weighted by molar-refractivity contribution is 0.0956. The molecule has 0 saturated heterocycles. The molecule has 0 radical (unpaired) electrons. The summed E-state index contributed by atoms with van der Waals surface area (Å²) in [6.07, 6.45) is 3.73. The first-order chi connectivity index (χ1) is 15.5. The number of aromatic nitrogens is 1. The maximum atomic E-state index is 13.4. The SMILES string of the molecule is O=C(CC1CCC(CNCCOc2ccc(Cl)c(F)c2)C1)c1ccc2cc(Cl)ccc2n1. The number of hydrogen-bond acceptors (Lipinski definition) is 4. The summed E-state index contributed by atoms with van der Waals surface area (Å²) in [6.45, 7) is 2.02. The molecule has 3 aromatic rings. The van der Waals surface area contributed by atoms with Gasteiger partial charge in [0.1, 0.15) is 23.9 Å². The zero-order valence-corrected chi connectivity index (χ0v) is 19.1. The quantitative estimate of drug-likeness (QED) is 0.290. The van der Waals surface area contributed by atoms with Crippen LogP contribution in [0.4, 0.5) is 4.39 Å². The minimum atomic E-state index is -0.480. The summed E-state index contributed by atoms with van der Waals surface area (Å²) >= 11 is 11.7. The van der Waals surface area contributed by atoms with E-state index in [-0.39, 0.29) is 10.8 Å². The monoisotopic (exact) mass is 474 g/mol. The number of ether oxygens (including phenoxy) is 1. The van der Waals surface area contributed by atoms with E-state index in [0.717, 1.165) is 36.7 Å². The van der Waals surface area contributed by atoms with Gasteiger partial charge in [0.25, 0.3) is 0 Å². The molecule has 4 rings (SSSR count). The molecule has 4 nitrogen and oxygen atoms in total. The van der Waals surface area contributed by atoms with E-state index in [0.29, 0.717) is 47.9 Å².